The highest BCUT2D eigenvalue weighted by molar-refractivity contribution is 6.29. The van der Waals surface area contributed by atoms with Gasteiger partial charge in [0.25, 0.3) is 0 Å². The fourth-order valence-electron chi connectivity index (χ4n) is 2.19. The summed E-state index contributed by atoms with van der Waals surface area (Å²) in [6.45, 7) is 2.04. The van der Waals surface area contributed by atoms with Crippen LogP contribution in [0.1, 0.15) is 12.5 Å². The van der Waals surface area contributed by atoms with Crippen molar-refractivity contribution in [2.45, 2.75) is 19.4 Å². The van der Waals surface area contributed by atoms with Crippen LogP contribution in [0, 0.1) is 0 Å². The van der Waals surface area contributed by atoms with E-state index in [4.69, 9.17) is 25.6 Å². The smallest absolute Gasteiger partial charge is 0.226 e. The molecule has 0 N–H and O–H groups in total. The van der Waals surface area contributed by atoms with Gasteiger partial charge in [-0.3, -0.25) is 0 Å². The van der Waals surface area contributed by atoms with Crippen molar-refractivity contribution in [2.75, 3.05) is 7.11 Å². The van der Waals surface area contributed by atoms with E-state index in [1.165, 1.54) is 0 Å². The molecule has 0 spiro atoms. The zero-order chi connectivity index (χ0) is 12.7. The molecule has 0 radical (unpaired) electrons. The lowest BCUT2D eigenvalue weighted by molar-refractivity contribution is 0.254. The normalized spacial score (nSPS) is 17.4. The fraction of sp³-hybridized carbons (Fsp3) is 0.308. The summed E-state index contributed by atoms with van der Waals surface area (Å²) < 4.78 is 16.0. The quantitative estimate of drug-likeness (QED) is 0.835. The molecule has 3 rings (SSSR count). The Labute approximate surface area is 109 Å². The molecule has 94 valence electrons. The molecule has 0 bridgehead atoms. The van der Waals surface area contributed by atoms with E-state index in [2.05, 4.69) is 5.16 Å². The first kappa shape index (κ1) is 11.4. The molecule has 1 aliphatic rings. The molecule has 18 heavy (non-hydrogen) atoms. The van der Waals surface area contributed by atoms with Gasteiger partial charge in [0.2, 0.25) is 5.22 Å². The molecule has 5 heteroatoms. The van der Waals surface area contributed by atoms with Gasteiger partial charge in [0.15, 0.2) is 0 Å². The van der Waals surface area contributed by atoms with E-state index in [9.17, 15) is 0 Å². The minimum Gasteiger partial charge on any atom is -0.496 e. The van der Waals surface area contributed by atoms with Gasteiger partial charge in [0.05, 0.1) is 7.11 Å². The molecule has 0 saturated carbocycles. The number of methoxy groups -OCH3 is 1. The predicted molar refractivity (Wildman–Crippen MR) is 67.3 cm³/mol. The van der Waals surface area contributed by atoms with Crippen molar-refractivity contribution in [3.8, 4) is 22.8 Å². The second-order valence-electron chi connectivity index (χ2n) is 4.31. The summed E-state index contributed by atoms with van der Waals surface area (Å²) in [7, 11) is 1.63. The van der Waals surface area contributed by atoms with Gasteiger partial charge in [-0.15, -0.1) is 0 Å². The van der Waals surface area contributed by atoms with Crippen LogP contribution in [-0.2, 0) is 6.42 Å². The highest BCUT2D eigenvalue weighted by Gasteiger charge is 2.23. The Balaban J connectivity index is 2.12. The molecule has 1 atom stereocenters. The summed E-state index contributed by atoms with van der Waals surface area (Å²) in [6.07, 6.45) is 1.09. The maximum atomic E-state index is 5.75. The summed E-state index contributed by atoms with van der Waals surface area (Å²) in [5.41, 5.74) is 2.61. The molecule has 1 aromatic carbocycles. The molecule has 2 aromatic rings. The number of hydrogen-bond acceptors (Lipinski definition) is 4. The number of ether oxygens (including phenoxy) is 2. The summed E-state index contributed by atoms with van der Waals surface area (Å²) in [5.74, 6) is 1.62. The van der Waals surface area contributed by atoms with Crippen LogP contribution in [0.25, 0.3) is 11.3 Å². The van der Waals surface area contributed by atoms with E-state index < -0.39 is 0 Å². The van der Waals surface area contributed by atoms with E-state index in [0.717, 1.165) is 29.0 Å². The molecule has 2 heterocycles. The van der Waals surface area contributed by atoms with Crippen LogP contribution in [0.2, 0.25) is 5.22 Å². The average Bonchev–Trinajstić information content (AvgIpc) is 2.91. The first-order valence-electron chi connectivity index (χ1n) is 5.67. The van der Waals surface area contributed by atoms with Crippen molar-refractivity contribution >= 4 is 11.6 Å². The van der Waals surface area contributed by atoms with Crippen LogP contribution in [0.15, 0.2) is 22.7 Å². The van der Waals surface area contributed by atoms with Crippen molar-refractivity contribution in [1.29, 1.82) is 0 Å². The summed E-state index contributed by atoms with van der Waals surface area (Å²) in [6, 6.07) is 5.56. The van der Waals surface area contributed by atoms with Gasteiger partial charge in [-0.2, -0.15) is 0 Å². The van der Waals surface area contributed by atoms with E-state index in [1.54, 1.807) is 13.2 Å². The highest BCUT2D eigenvalue weighted by Crippen LogP contribution is 2.39. The lowest BCUT2D eigenvalue weighted by atomic mass is 10.0. The maximum absolute atomic E-state index is 5.75. The minimum atomic E-state index is 0.195. The average molecular weight is 266 g/mol. The van der Waals surface area contributed by atoms with Crippen LogP contribution >= 0.6 is 11.6 Å². The molecule has 4 nitrogen and oxygen atoms in total. The number of nitrogens with zero attached hydrogens (tertiary/aromatic N) is 1. The Morgan fingerprint density at radius 1 is 1.39 bits per heavy atom. The van der Waals surface area contributed by atoms with Gasteiger partial charge in [-0.25, -0.2) is 0 Å². The number of benzene rings is 1. The van der Waals surface area contributed by atoms with Gasteiger partial charge in [0, 0.05) is 23.6 Å². The van der Waals surface area contributed by atoms with E-state index >= 15 is 0 Å². The predicted octanol–water partition coefficient (Wildman–Crippen LogP) is 3.33. The Bertz CT molecular complexity index is 594. The molecule has 1 aliphatic heterocycles. The van der Waals surface area contributed by atoms with Crippen molar-refractivity contribution < 1.29 is 14.0 Å². The third-order valence-corrected chi connectivity index (χ3v) is 3.15. The van der Waals surface area contributed by atoms with E-state index in [-0.39, 0.29) is 11.3 Å². The van der Waals surface area contributed by atoms with Gasteiger partial charge < -0.3 is 14.0 Å². The lowest BCUT2D eigenvalue weighted by Gasteiger charge is -2.08. The minimum absolute atomic E-state index is 0.195. The van der Waals surface area contributed by atoms with Crippen molar-refractivity contribution in [3.05, 3.63) is 29.0 Å². The molecule has 1 aromatic heterocycles. The highest BCUT2D eigenvalue weighted by atomic mass is 35.5. The number of hydrogen-bond donors (Lipinski definition) is 0. The van der Waals surface area contributed by atoms with Crippen LogP contribution in [0.5, 0.6) is 11.5 Å². The Morgan fingerprint density at radius 3 is 2.89 bits per heavy atom. The molecular formula is C13H12ClNO3. The second-order valence-corrected chi connectivity index (χ2v) is 4.68. The molecule has 1 unspecified atom stereocenters. The van der Waals surface area contributed by atoms with Gasteiger partial charge >= 0.3 is 0 Å². The monoisotopic (exact) mass is 265 g/mol. The number of rotatable bonds is 2. The standard InChI is InChI=1S/C13H12ClNO3/c1-7-3-8-4-12(16-2)9(5-11(8)17-7)10-6-13(14)18-15-10/h4-7H,3H2,1-2H3. The number of aromatic nitrogens is 1. The third kappa shape index (κ3) is 1.82. The van der Waals surface area contributed by atoms with E-state index in [0.29, 0.717) is 5.69 Å². The topological polar surface area (TPSA) is 44.5 Å². The van der Waals surface area contributed by atoms with Crippen molar-refractivity contribution in [3.63, 3.8) is 0 Å². The number of halogens is 1. The SMILES string of the molecule is COc1cc2c(cc1-c1cc(Cl)on1)OC(C)C2. The maximum Gasteiger partial charge on any atom is 0.226 e. The Morgan fingerprint density at radius 2 is 2.22 bits per heavy atom. The Kier molecular flexibility index (Phi) is 2.67. The van der Waals surface area contributed by atoms with Crippen LogP contribution < -0.4 is 9.47 Å². The van der Waals surface area contributed by atoms with Crippen LogP contribution in [0.3, 0.4) is 0 Å². The molecular weight excluding hydrogens is 254 g/mol. The zero-order valence-electron chi connectivity index (χ0n) is 10.1. The Hall–Kier alpha value is -1.68. The third-order valence-electron chi connectivity index (χ3n) is 2.98. The summed E-state index contributed by atoms with van der Waals surface area (Å²) in [5, 5.41) is 4.15. The first-order valence-corrected chi connectivity index (χ1v) is 6.05. The van der Waals surface area contributed by atoms with Crippen molar-refractivity contribution in [2.24, 2.45) is 0 Å². The lowest BCUT2D eigenvalue weighted by Crippen LogP contribution is -2.05. The first-order chi connectivity index (χ1) is 8.67. The zero-order valence-corrected chi connectivity index (χ0v) is 10.8. The van der Waals surface area contributed by atoms with Crippen LogP contribution in [-0.4, -0.2) is 18.4 Å². The molecule has 0 fully saturated rings. The second kappa shape index (κ2) is 4.21. The van der Waals surface area contributed by atoms with E-state index in [1.807, 2.05) is 19.1 Å². The summed E-state index contributed by atoms with van der Waals surface area (Å²) >= 11 is 5.75. The molecule has 0 amide bonds. The van der Waals surface area contributed by atoms with Gasteiger partial charge in [-0.1, -0.05) is 5.16 Å². The number of fused-ring (bicyclic) bond motifs is 1. The fourth-order valence-corrected chi connectivity index (χ4v) is 2.33. The molecule has 0 saturated heterocycles. The van der Waals surface area contributed by atoms with Crippen molar-refractivity contribution in [1.82, 2.24) is 5.16 Å². The van der Waals surface area contributed by atoms with Gasteiger partial charge in [0.1, 0.15) is 23.3 Å². The molecule has 0 aliphatic carbocycles. The summed E-state index contributed by atoms with van der Waals surface area (Å²) in [4.78, 5) is 0. The van der Waals surface area contributed by atoms with Gasteiger partial charge in [-0.05, 0) is 30.7 Å². The largest absolute Gasteiger partial charge is 0.496 e. The van der Waals surface area contributed by atoms with Crippen LogP contribution in [0.4, 0.5) is 0 Å².